The van der Waals surface area contributed by atoms with Gasteiger partial charge in [-0.05, 0) is 36.9 Å². The standard InChI is InChI=1S/C14H22N2O/c1-2-12-5-7-13(8-6-12)11-14(17)16-10-4-3-9-15/h5-8H,2-4,9-11,15H2,1H3,(H,16,17). The summed E-state index contributed by atoms with van der Waals surface area (Å²) in [6, 6.07) is 8.21. The van der Waals surface area contributed by atoms with E-state index in [1.165, 1.54) is 5.56 Å². The van der Waals surface area contributed by atoms with Gasteiger partial charge in [-0.1, -0.05) is 31.2 Å². The normalized spacial score (nSPS) is 10.2. The summed E-state index contributed by atoms with van der Waals surface area (Å²) in [7, 11) is 0. The van der Waals surface area contributed by atoms with Crippen LogP contribution in [0, 0.1) is 0 Å². The lowest BCUT2D eigenvalue weighted by molar-refractivity contribution is -0.120. The lowest BCUT2D eigenvalue weighted by Gasteiger charge is -2.05. The highest BCUT2D eigenvalue weighted by molar-refractivity contribution is 5.78. The lowest BCUT2D eigenvalue weighted by atomic mass is 10.1. The third kappa shape index (κ3) is 5.50. The average Bonchev–Trinajstić information content (AvgIpc) is 2.36. The first-order valence-corrected chi connectivity index (χ1v) is 6.31. The zero-order valence-corrected chi connectivity index (χ0v) is 10.5. The summed E-state index contributed by atoms with van der Waals surface area (Å²) in [4.78, 5) is 11.6. The maximum atomic E-state index is 11.6. The minimum atomic E-state index is 0.0891. The molecule has 3 nitrogen and oxygen atoms in total. The molecule has 0 aromatic heterocycles. The van der Waals surface area contributed by atoms with Gasteiger partial charge in [0.25, 0.3) is 0 Å². The van der Waals surface area contributed by atoms with Crippen molar-refractivity contribution in [3.8, 4) is 0 Å². The third-order valence-electron chi connectivity index (χ3n) is 2.75. The van der Waals surface area contributed by atoms with Gasteiger partial charge in [0.15, 0.2) is 0 Å². The van der Waals surface area contributed by atoms with Crippen LogP contribution in [0.3, 0.4) is 0 Å². The first kappa shape index (κ1) is 13.7. The summed E-state index contributed by atoms with van der Waals surface area (Å²) in [5.74, 6) is 0.0891. The largest absolute Gasteiger partial charge is 0.356 e. The highest BCUT2D eigenvalue weighted by atomic mass is 16.1. The van der Waals surface area contributed by atoms with Gasteiger partial charge in [0.1, 0.15) is 0 Å². The molecule has 3 N–H and O–H groups in total. The Balaban J connectivity index is 2.29. The number of hydrogen-bond donors (Lipinski definition) is 2. The molecule has 0 unspecified atom stereocenters. The Labute approximate surface area is 103 Å². The highest BCUT2D eigenvalue weighted by Crippen LogP contribution is 2.05. The van der Waals surface area contributed by atoms with Crippen molar-refractivity contribution in [2.45, 2.75) is 32.6 Å². The Morgan fingerprint density at radius 3 is 2.41 bits per heavy atom. The summed E-state index contributed by atoms with van der Waals surface area (Å²) >= 11 is 0. The van der Waals surface area contributed by atoms with Gasteiger partial charge in [0.05, 0.1) is 6.42 Å². The predicted octanol–water partition coefficient (Wildman–Crippen LogP) is 1.65. The molecule has 94 valence electrons. The number of nitrogens with two attached hydrogens (primary N) is 1. The minimum absolute atomic E-state index is 0.0891. The number of benzene rings is 1. The Bertz CT molecular complexity index is 333. The molecular formula is C14H22N2O. The van der Waals surface area contributed by atoms with E-state index in [0.29, 0.717) is 13.0 Å². The average molecular weight is 234 g/mol. The molecule has 0 bridgehead atoms. The molecule has 0 saturated heterocycles. The summed E-state index contributed by atoms with van der Waals surface area (Å²) in [6.45, 7) is 3.54. The van der Waals surface area contributed by atoms with Gasteiger partial charge >= 0.3 is 0 Å². The zero-order valence-electron chi connectivity index (χ0n) is 10.5. The molecule has 0 spiro atoms. The smallest absolute Gasteiger partial charge is 0.224 e. The first-order valence-electron chi connectivity index (χ1n) is 6.31. The van der Waals surface area contributed by atoms with Crippen LogP contribution in [0.4, 0.5) is 0 Å². The number of aryl methyl sites for hydroxylation is 1. The molecule has 1 aromatic carbocycles. The summed E-state index contributed by atoms with van der Waals surface area (Å²) in [6.07, 6.45) is 3.42. The fourth-order valence-electron chi connectivity index (χ4n) is 1.64. The molecule has 17 heavy (non-hydrogen) atoms. The Morgan fingerprint density at radius 1 is 1.18 bits per heavy atom. The second-order valence-corrected chi connectivity index (χ2v) is 4.19. The van der Waals surface area contributed by atoms with E-state index >= 15 is 0 Å². The van der Waals surface area contributed by atoms with Crippen molar-refractivity contribution < 1.29 is 4.79 Å². The van der Waals surface area contributed by atoms with Crippen molar-refractivity contribution >= 4 is 5.91 Å². The van der Waals surface area contributed by atoms with Crippen molar-refractivity contribution in [2.75, 3.05) is 13.1 Å². The summed E-state index contributed by atoms with van der Waals surface area (Å²) in [5, 5.41) is 2.90. The van der Waals surface area contributed by atoms with Crippen molar-refractivity contribution in [2.24, 2.45) is 5.73 Å². The van der Waals surface area contributed by atoms with E-state index in [0.717, 1.165) is 31.4 Å². The molecule has 0 aliphatic heterocycles. The van der Waals surface area contributed by atoms with E-state index in [2.05, 4.69) is 24.4 Å². The number of carbonyl (C=O) groups excluding carboxylic acids is 1. The number of nitrogens with one attached hydrogen (secondary N) is 1. The molecular weight excluding hydrogens is 212 g/mol. The van der Waals surface area contributed by atoms with E-state index in [4.69, 9.17) is 5.73 Å². The van der Waals surface area contributed by atoms with Crippen LogP contribution in [0.15, 0.2) is 24.3 Å². The number of carbonyl (C=O) groups is 1. The van der Waals surface area contributed by atoms with Gasteiger partial charge < -0.3 is 11.1 Å². The number of unbranched alkanes of at least 4 members (excludes halogenated alkanes) is 1. The van der Waals surface area contributed by atoms with Crippen LogP contribution in [0.5, 0.6) is 0 Å². The first-order chi connectivity index (χ1) is 8.26. The van der Waals surface area contributed by atoms with E-state index < -0.39 is 0 Å². The lowest BCUT2D eigenvalue weighted by Crippen LogP contribution is -2.26. The van der Waals surface area contributed by atoms with Crippen LogP contribution in [0.1, 0.15) is 30.9 Å². The molecule has 1 rings (SSSR count). The zero-order chi connectivity index (χ0) is 12.5. The number of hydrogen-bond acceptors (Lipinski definition) is 2. The van der Waals surface area contributed by atoms with Gasteiger partial charge in [0.2, 0.25) is 5.91 Å². The molecule has 1 aromatic rings. The summed E-state index contributed by atoms with van der Waals surface area (Å²) in [5.41, 5.74) is 7.75. The molecule has 3 heteroatoms. The number of rotatable bonds is 7. The van der Waals surface area contributed by atoms with Crippen LogP contribution in [0.25, 0.3) is 0 Å². The van der Waals surface area contributed by atoms with Crippen molar-refractivity contribution in [1.82, 2.24) is 5.32 Å². The SMILES string of the molecule is CCc1ccc(CC(=O)NCCCCN)cc1. The van der Waals surface area contributed by atoms with Gasteiger partial charge in [0, 0.05) is 6.54 Å². The van der Waals surface area contributed by atoms with Gasteiger partial charge in [-0.15, -0.1) is 0 Å². The molecule has 0 saturated carbocycles. The maximum Gasteiger partial charge on any atom is 0.224 e. The molecule has 0 aliphatic rings. The van der Waals surface area contributed by atoms with Crippen LogP contribution in [0.2, 0.25) is 0 Å². The maximum absolute atomic E-state index is 11.6. The third-order valence-corrected chi connectivity index (χ3v) is 2.75. The van der Waals surface area contributed by atoms with Crippen molar-refractivity contribution in [1.29, 1.82) is 0 Å². The molecule has 0 radical (unpaired) electrons. The Hall–Kier alpha value is -1.35. The molecule has 0 heterocycles. The quantitative estimate of drug-likeness (QED) is 0.705. The molecule has 0 atom stereocenters. The highest BCUT2D eigenvalue weighted by Gasteiger charge is 2.02. The van der Waals surface area contributed by atoms with Gasteiger partial charge in [-0.25, -0.2) is 0 Å². The van der Waals surface area contributed by atoms with Crippen LogP contribution in [-0.4, -0.2) is 19.0 Å². The molecule has 0 fully saturated rings. The van der Waals surface area contributed by atoms with E-state index in [-0.39, 0.29) is 5.91 Å². The van der Waals surface area contributed by atoms with Gasteiger partial charge in [-0.3, -0.25) is 4.79 Å². The Kier molecular flexibility index (Phi) is 6.33. The minimum Gasteiger partial charge on any atom is -0.356 e. The number of amides is 1. The van der Waals surface area contributed by atoms with Crippen molar-refractivity contribution in [3.05, 3.63) is 35.4 Å². The van der Waals surface area contributed by atoms with E-state index in [1.54, 1.807) is 0 Å². The second-order valence-electron chi connectivity index (χ2n) is 4.19. The van der Waals surface area contributed by atoms with Crippen LogP contribution in [-0.2, 0) is 17.6 Å². The fourth-order valence-corrected chi connectivity index (χ4v) is 1.64. The van der Waals surface area contributed by atoms with Gasteiger partial charge in [-0.2, -0.15) is 0 Å². The Morgan fingerprint density at radius 2 is 1.82 bits per heavy atom. The predicted molar refractivity (Wildman–Crippen MR) is 70.8 cm³/mol. The van der Waals surface area contributed by atoms with E-state index in [9.17, 15) is 4.79 Å². The van der Waals surface area contributed by atoms with E-state index in [1.807, 2.05) is 12.1 Å². The monoisotopic (exact) mass is 234 g/mol. The molecule has 1 amide bonds. The molecule has 0 aliphatic carbocycles. The topological polar surface area (TPSA) is 55.1 Å². The fraction of sp³-hybridized carbons (Fsp3) is 0.500. The van der Waals surface area contributed by atoms with Crippen LogP contribution >= 0.6 is 0 Å². The van der Waals surface area contributed by atoms with Crippen molar-refractivity contribution in [3.63, 3.8) is 0 Å². The second kappa shape index (κ2) is 7.85. The van der Waals surface area contributed by atoms with Crippen LogP contribution < -0.4 is 11.1 Å². The summed E-state index contributed by atoms with van der Waals surface area (Å²) < 4.78 is 0.